The van der Waals surface area contributed by atoms with E-state index in [1.807, 2.05) is 4.90 Å². The molecule has 8 nitrogen and oxygen atoms in total. The van der Waals surface area contributed by atoms with Crippen LogP contribution in [0.3, 0.4) is 0 Å². The number of hydrogen-bond donors (Lipinski definition) is 1. The van der Waals surface area contributed by atoms with E-state index in [1.165, 1.54) is 6.20 Å². The number of rotatable bonds is 5. The van der Waals surface area contributed by atoms with Crippen molar-refractivity contribution in [3.8, 4) is 5.88 Å². The van der Waals surface area contributed by atoms with E-state index in [1.54, 1.807) is 31.0 Å². The van der Waals surface area contributed by atoms with Crippen LogP contribution in [0, 0.1) is 0 Å². The lowest BCUT2D eigenvalue weighted by atomic mass is 10.2. The Hall–Kier alpha value is -1.99. The number of nitrogens with one attached hydrogen (secondary N) is 1. The fourth-order valence-electron chi connectivity index (χ4n) is 2.66. The maximum atomic E-state index is 12.4. The quantitative estimate of drug-likeness (QED) is 0.358. The maximum absolute atomic E-state index is 12.4. The summed E-state index contributed by atoms with van der Waals surface area (Å²) in [6.45, 7) is 2.98. The molecule has 0 radical (unpaired) electrons. The largest absolute Gasteiger partial charge is 0.468 e. The normalized spacial score (nSPS) is 14.9. The molecule has 0 spiro atoms. The minimum Gasteiger partial charge on any atom is -0.468 e. The van der Waals surface area contributed by atoms with Gasteiger partial charge in [0.2, 0.25) is 5.88 Å². The van der Waals surface area contributed by atoms with E-state index in [-0.39, 0.29) is 42.5 Å². The average Bonchev–Trinajstić information content (AvgIpc) is 2.67. The van der Waals surface area contributed by atoms with E-state index < -0.39 is 12.8 Å². The lowest BCUT2D eigenvalue weighted by Gasteiger charge is -2.35. The van der Waals surface area contributed by atoms with Crippen LogP contribution in [0.2, 0.25) is 0 Å². The van der Waals surface area contributed by atoms with Crippen molar-refractivity contribution in [3.63, 3.8) is 0 Å². The van der Waals surface area contributed by atoms with E-state index in [0.29, 0.717) is 44.3 Å². The van der Waals surface area contributed by atoms with Gasteiger partial charge in [-0.2, -0.15) is 13.2 Å². The summed E-state index contributed by atoms with van der Waals surface area (Å²) >= 11 is 0. The molecule has 0 bridgehead atoms. The Labute approximate surface area is 184 Å². The molecule has 0 atom stereocenters. The van der Waals surface area contributed by atoms with E-state index in [0.717, 1.165) is 0 Å². The van der Waals surface area contributed by atoms with Gasteiger partial charge in [-0.1, -0.05) is 6.07 Å². The highest BCUT2D eigenvalue weighted by molar-refractivity contribution is 14.0. The van der Waals surface area contributed by atoms with E-state index >= 15 is 0 Å². The van der Waals surface area contributed by atoms with Crippen LogP contribution < -0.4 is 10.1 Å². The van der Waals surface area contributed by atoms with Gasteiger partial charge in [0.1, 0.15) is 0 Å². The fraction of sp³-hybridized carbons (Fsp3) is 0.588. The Morgan fingerprint density at radius 3 is 2.52 bits per heavy atom. The van der Waals surface area contributed by atoms with Gasteiger partial charge < -0.3 is 24.6 Å². The number of piperazine rings is 1. The number of aromatic nitrogens is 1. The van der Waals surface area contributed by atoms with Gasteiger partial charge in [0.05, 0.1) is 6.61 Å². The molecule has 1 aliphatic heterocycles. The predicted molar refractivity (Wildman–Crippen MR) is 112 cm³/mol. The van der Waals surface area contributed by atoms with Gasteiger partial charge in [-0.05, 0) is 13.0 Å². The van der Waals surface area contributed by atoms with Crippen LogP contribution in [0.15, 0.2) is 23.3 Å². The first kappa shape index (κ1) is 25.0. The van der Waals surface area contributed by atoms with Crippen molar-refractivity contribution < 1.29 is 27.4 Å². The van der Waals surface area contributed by atoms with Gasteiger partial charge >= 0.3 is 12.3 Å². The molecule has 0 unspecified atom stereocenters. The number of hydrogen-bond acceptors (Lipinski definition) is 5. The second kappa shape index (κ2) is 11.9. The lowest BCUT2D eigenvalue weighted by Crippen LogP contribution is -2.53. The van der Waals surface area contributed by atoms with Gasteiger partial charge in [-0.25, -0.2) is 9.78 Å². The first-order valence-corrected chi connectivity index (χ1v) is 8.84. The fourth-order valence-corrected chi connectivity index (χ4v) is 2.66. The van der Waals surface area contributed by atoms with E-state index in [9.17, 15) is 18.0 Å². The topological polar surface area (TPSA) is 79.3 Å². The van der Waals surface area contributed by atoms with Crippen LogP contribution in [0.25, 0.3) is 0 Å². The number of pyridine rings is 1. The number of guanidine groups is 1. The summed E-state index contributed by atoms with van der Waals surface area (Å²) in [6.07, 6.45) is -3.40. The molecule has 1 N–H and O–H groups in total. The smallest absolute Gasteiger partial charge is 0.422 e. The first-order chi connectivity index (χ1) is 13.3. The molecule has 1 aromatic heterocycles. The zero-order chi connectivity index (χ0) is 20.6. The van der Waals surface area contributed by atoms with Gasteiger partial charge in [-0.3, -0.25) is 4.99 Å². The van der Waals surface area contributed by atoms with Crippen molar-refractivity contribution in [2.45, 2.75) is 19.6 Å². The second-order valence-corrected chi connectivity index (χ2v) is 5.95. The minimum absolute atomic E-state index is 0. The van der Waals surface area contributed by atoms with Crippen LogP contribution in [0.1, 0.15) is 12.5 Å². The lowest BCUT2D eigenvalue weighted by molar-refractivity contribution is -0.154. The van der Waals surface area contributed by atoms with Crippen molar-refractivity contribution in [1.82, 2.24) is 20.1 Å². The molecule has 0 aliphatic carbocycles. The van der Waals surface area contributed by atoms with Crippen molar-refractivity contribution in [1.29, 1.82) is 0 Å². The number of carbonyl (C=O) groups excluding carboxylic acids is 1. The Bertz CT molecular complexity index is 683. The Morgan fingerprint density at radius 2 is 1.93 bits per heavy atom. The third kappa shape index (κ3) is 8.11. The van der Waals surface area contributed by atoms with E-state index in [4.69, 9.17) is 9.47 Å². The standard InChI is InChI=1S/C17H24F3N5O3.HI/c1-3-27-16(26)25-9-7-24(8-10-25)15(21-2)23-11-13-5-4-6-22-14(13)28-12-17(18,19)20;/h4-6H,3,7-12H2,1-2H3,(H,21,23);1H. The Morgan fingerprint density at radius 1 is 1.28 bits per heavy atom. The summed E-state index contributed by atoms with van der Waals surface area (Å²) in [5.74, 6) is 0.504. The number of alkyl halides is 3. The monoisotopic (exact) mass is 531 g/mol. The summed E-state index contributed by atoms with van der Waals surface area (Å²) in [5.41, 5.74) is 0.484. The summed E-state index contributed by atoms with van der Waals surface area (Å²) in [6, 6.07) is 3.26. The number of ether oxygens (including phenoxy) is 2. The highest BCUT2D eigenvalue weighted by Crippen LogP contribution is 2.20. The van der Waals surface area contributed by atoms with Crippen LogP contribution >= 0.6 is 24.0 Å². The molecule has 1 fully saturated rings. The highest BCUT2D eigenvalue weighted by Gasteiger charge is 2.29. The second-order valence-electron chi connectivity index (χ2n) is 5.95. The average molecular weight is 531 g/mol. The van der Waals surface area contributed by atoms with Gasteiger partial charge in [0.25, 0.3) is 0 Å². The summed E-state index contributed by atoms with van der Waals surface area (Å²) in [4.78, 5) is 23.4. The van der Waals surface area contributed by atoms with Crippen LogP contribution in [0.4, 0.5) is 18.0 Å². The number of halogens is 4. The molecule has 1 saturated heterocycles. The molecular weight excluding hydrogens is 506 g/mol. The van der Waals surface area contributed by atoms with Crippen molar-refractivity contribution in [2.75, 3.05) is 46.4 Å². The number of aliphatic imine (C=N–C) groups is 1. The van der Waals surface area contributed by atoms with Crippen molar-refractivity contribution in [2.24, 2.45) is 4.99 Å². The van der Waals surface area contributed by atoms with Gasteiger partial charge in [0, 0.05) is 51.5 Å². The highest BCUT2D eigenvalue weighted by atomic mass is 127. The molecule has 1 amide bonds. The number of carbonyl (C=O) groups is 1. The first-order valence-electron chi connectivity index (χ1n) is 8.84. The molecule has 2 rings (SSSR count). The van der Waals surface area contributed by atoms with Crippen LogP contribution in [-0.2, 0) is 11.3 Å². The third-order valence-electron chi connectivity index (χ3n) is 3.98. The molecule has 164 valence electrons. The van der Waals surface area contributed by atoms with Crippen molar-refractivity contribution >= 4 is 36.0 Å². The van der Waals surface area contributed by atoms with Crippen LogP contribution in [-0.4, -0.2) is 79.5 Å². The Kier molecular flexibility index (Phi) is 10.3. The minimum atomic E-state index is -4.43. The molecule has 1 aromatic rings. The molecule has 29 heavy (non-hydrogen) atoms. The molecule has 2 heterocycles. The summed E-state index contributed by atoms with van der Waals surface area (Å²) in [7, 11) is 1.62. The van der Waals surface area contributed by atoms with E-state index in [2.05, 4.69) is 15.3 Å². The van der Waals surface area contributed by atoms with Gasteiger partial charge in [-0.15, -0.1) is 24.0 Å². The maximum Gasteiger partial charge on any atom is 0.422 e. The number of nitrogens with zero attached hydrogens (tertiary/aromatic N) is 4. The van der Waals surface area contributed by atoms with Gasteiger partial charge in [0.15, 0.2) is 12.6 Å². The number of amides is 1. The Balaban J connectivity index is 0.00000420. The predicted octanol–water partition coefficient (Wildman–Crippen LogP) is 2.49. The molecule has 12 heteroatoms. The SMILES string of the molecule is CCOC(=O)N1CCN(C(=NC)NCc2cccnc2OCC(F)(F)F)CC1.I. The van der Waals surface area contributed by atoms with Crippen molar-refractivity contribution in [3.05, 3.63) is 23.9 Å². The molecule has 0 aromatic carbocycles. The molecular formula is C17H25F3IN5O3. The molecule has 0 saturated carbocycles. The summed E-state index contributed by atoms with van der Waals surface area (Å²) < 4.78 is 46.9. The summed E-state index contributed by atoms with van der Waals surface area (Å²) in [5, 5.41) is 3.10. The zero-order valence-corrected chi connectivity index (χ0v) is 18.6. The molecule has 1 aliphatic rings. The zero-order valence-electron chi connectivity index (χ0n) is 16.2. The third-order valence-corrected chi connectivity index (χ3v) is 3.98. The van der Waals surface area contributed by atoms with Crippen LogP contribution in [0.5, 0.6) is 5.88 Å².